The van der Waals surface area contributed by atoms with E-state index in [2.05, 4.69) is 13.8 Å². The number of hydrogen-bond acceptors (Lipinski definition) is 5. The van der Waals surface area contributed by atoms with Crippen LogP contribution in [0.15, 0.2) is 59.6 Å². The number of para-hydroxylation sites is 1. The number of thiocarbonyl (C=S) groups is 1. The van der Waals surface area contributed by atoms with Crippen molar-refractivity contribution in [3.05, 3.63) is 70.2 Å². The molecule has 8 heteroatoms. The summed E-state index contributed by atoms with van der Waals surface area (Å²) in [7, 11) is 0. The third-order valence-electron chi connectivity index (χ3n) is 6.33. The number of amides is 1. The van der Waals surface area contributed by atoms with Crippen molar-refractivity contribution in [1.29, 1.82) is 0 Å². The second kappa shape index (κ2) is 14.0. The lowest BCUT2D eigenvalue weighted by atomic mass is 10.1. The van der Waals surface area contributed by atoms with Gasteiger partial charge in [-0.05, 0) is 49.2 Å². The highest BCUT2D eigenvalue weighted by Gasteiger charge is 2.32. The standard InChI is InChI=1S/C30H34ClN3O2S2/c1-3-5-6-7-8-12-17-33-29(35)27(38-30(33)37)20-23-21-34(24-13-10-9-11-14-24)32-28(23)22-15-16-26(25(31)19-22)36-18-4-2/h9-11,13-16,19-21H,3-8,12,17-18H2,1-2H3. The number of carbonyl (C=O) groups is 1. The molecule has 2 aromatic carbocycles. The summed E-state index contributed by atoms with van der Waals surface area (Å²) in [6, 6.07) is 15.6. The molecule has 3 aromatic rings. The number of rotatable bonds is 13. The molecule has 0 saturated carbocycles. The average molecular weight is 568 g/mol. The maximum atomic E-state index is 13.3. The van der Waals surface area contributed by atoms with Crippen molar-refractivity contribution in [2.75, 3.05) is 13.2 Å². The van der Waals surface area contributed by atoms with Crippen molar-refractivity contribution in [3.63, 3.8) is 0 Å². The number of thioether (sulfide) groups is 1. The SMILES string of the molecule is CCCCCCCCN1C(=O)C(=Cc2cn(-c3ccccc3)nc2-c2ccc(OCCC)c(Cl)c2)SC1=S. The molecule has 2 heterocycles. The number of halogens is 1. The van der Waals surface area contributed by atoms with Crippen LogP contribution in [0.2, 0.25) is 5.02 Å². The Labute approximate surface area is 240 Å². The van der Waals surface area contributed by atoms with Crippen molar-refractivity contribution < 1.29 is 9.53 Å². The Morgan fingerprint density at radius 3 is 2.53 bits per heavy atom. The van der Waals surface area contributed by atoms with Gasteiger partial charge in [-0.25, -0.2) is 4.68 Å². The van der Waals surface area contributed by atoms with Crippen LogP contribution in [0.25, 0.3) is 23.0 Å². The number of carbonyl (C=O) groups excluding carboxylic acids is 1. The van der Waals surface area contributed by atoms with Crippen molar-refractivity contribution >= 4 is 51.9 Å². The summed E-state index contributed by atoms with van der Waals surface area (Å²) in [6.07, 6.45) is 11.8. The van der Waals surface area contributed by atoms with E-state index in [0.29, 0.717) is 33.1 Å². The maximum Gasteiger partial charge on any atom is 0.266 e. The quantitative estimate of drug-likeness (QED) is 0.118. The summed E-state index contributed by atoms with van der Waals surface area (Å²) in [5.74, 6) is 0.616. The first-order chi connectivity index (χ1) is 18.5. The van der Waals surface area contributed by atoms with Crippen LogP contribution in [-0.4, -0.2) is 38.1 Å². The molecule has 4 rings (SSSR count). The first-order valence-electron chi connectivity index (χ1n) is 13.3. The van der Waals surface area contributed by atoms with E-state index in [4.69, 9.17) is 33.7 Å². The molecule has 1 aliphatic rings. The molecule has 0 aliphatic carbocycles. The van der Waals surface area contributed by atoms with Crippen LogP contribution < -0.4 is 4.74 Å². The number of ether oxygens (including phenoxy) is 1. The molecule has 1 aromatic heterocycles. The summed E-state index contributed by atoms with van der Waals surface area (Å²) in [4.78, 5) is 15.6. The van der Waals surface area contributed by atoms with Gasteiger partial charge in [0.15, 0.2) is 0 Å². The highest BCUT2D eigenvalue weighted by Crippen LogP contribution is 2.36. The number of hydrogen-bond donors (Lipinski definition) is 0. The lowest BCUT2D eigenvalue weighted by Crippen LogP contribution is -2.29. The number of unbranched alkanes of at least 4 members (excludes halogenated alkanes) is 5. The van der Waals surface area contributed by atoms with E-state index >= 15 is 0 Å². The van der Waals surface area contributed by atoms with Gasteiger partial charge in [-0.2, -0.15) is 5.10 Å². The van der Waals surface area contributed by atoms with Crippen LogP contribution in [0, 0.1) is 0 Å². The zero-order chi connectivity index (χ0) is 26.9. The number of aromatic nitrogens is 2. The average Bonchev–Trinajstić information content (AvgIpc) is 3.46. The predicted octanol–water partition coefficient (Wildman–Crippen LogP) is 8.54. The van der Waals surface area contributed by atoms with E-state index in [0.717, 1.165) is 41.8 Å². The van der Waals surface area contributed by atoms with Gasteiger partial charge in [-0.15, -0.1) is 0 Å². The Morgan fingerprint density at radius 1 is 1.03 bits per heavy atom. The maximum absolute atomic E-state index is 13.3. The van der Waals surface area contributed by atoms with Gasteiger partial charge in [0.25, 0.3) is 5.91 Å². The highest BCUT2D eigenvalue weighted by atomic mass is 35.5. The molecular formula is C30H34ClN3O2S2. The Kier molecular flexibility index (Phi) is 10.4. The van der Waals surface area contributed by atoms with E-state index < -0.39 is 0 Å². The third kappa shape index (κ3) is 7.07. The van der Waals surface area contributed by atoms with Gasteiger partial charge in [0.05, 0.1) is 22.2 Å². The van der Waals surface area contributed by atoms with E-state index in [1.807, 2.05) is 65.5 Å². The van der Waals surface area contributed by atoms with Gasteiger partial charge in [0.2, 0.25) is 0 Å². The Hall–Kier alpha value is -2.61. The fourth-order valence-corrected chi connectivity index (χ4v) is 5.83. The van der Waals surface area contributed by atoms with Crippen molar-refractivity contribution in [2.45, 2.75) is 58.8 Å². The molecule has 1 saturated heterocycles. The molecule has 1 amide bonds. The molecular weight excluding hydrogens is 534 g/mol. The number of nitrogens with zero attached hydrogens (tertiary/aromatic N) is 3. The lowest BCUT2D eigenvalue weighted by Gasteiger charge is -2.14. The van der Waals surface area contributed by atoms with Crippen molar-refractivity contribution in [3.8, 4) is 22.7 Å². The van der Waals surface area contributed by atoms with Crippen LogP contribution >= 0.6 is 35.6 Å². The molecule has 1 aliphatic heterocycles. The molecule has 0 spiro atoms. The van der Waals surface area contributed by atoms with Crippen molar-refractivity contribution in [2.24, 2.45) is 0 Å². The summed E-state index contributed by atoms with van der Waals surface area (Å²) in [6.45, 7) is 5.54. The van der Waals surface area contributed by atoms with Gasteiger partial charge in [0, 0.05) is 23.9 Å². The topological polar surface area (TPSA) is 47.4 Å². The second-order valence-electron chi connectivity index (χ2n) is 9.31. The fourth-order valence-electron chi connectivity index (χ4n) is 4.29. The van der Waals surface area contributed by atoms with E-state index in [-0.39, 0.29) is 5.91 Å². The van der Waals surface area contributed by atoms with E-state index in [1.54, 1.807) is 4.90 Å². The molecule has 5 nitrogen and oxygen atoms in total. The molecule has 1 fully saturated rings. The molecule has 200 valence electrons. The van der Waals surface area contributed by atoms with Gasteiger partial charge in [-0.3, -0.25) is 9.69 Å². The second-order valence-corrected chi connectivity index (χ2v) is 11.4. The largest absolute Gasteiger partial charge is 0.492 e. The van der Waals surface area contributed by atoms with E-state index in [1.165, 1.54) is 37.4 Å². The highest BCUT2D eigenvalue weighted by molar-refractivity contribution is 8.26. The smallest absolute Gasteiger partial charge is 0.266 e. The fraction of sp³-hybridized carbons (Fsp3) is 0.367. The van der Waals surface area contributed by atoms with Crippen LogP contribution in [0.4, 0.5) is 0 Å². The van der Waals surface area contributed by atoms with Crippen molar-refractivity contribution in [1.82, 2.24) is 14.7 Å². The van der Waals surface area contributed by atoms with Gasteiger partial charge in [-0.1, -0.05) is 99.7 Å². The molecule has 0 atom stereocenters. The molecule has 0 N–H and O–H groups in total. The first kappa shape index (κ1) is 28.4. The molecule has 0 bridgehead atoms. The normalized spacial score (nSPS) is 14.6. The minimum absolute atomic E-state index is 0.0340. The summed E-state index contributed by atoms with van der Waals surface area (Å²) in [5.41, 5.74) is 3.34. The minimum Gasteiger partial charge on any atom is -0.492 e. The van der Waals surface area contributed by atoms with Gasteiger partial charge in [0.1, 0.15) is 15.8 Å². The monoisotopic (exact) mass is 567 g/mol. The first-order valence-corrected chi connectivity index (χ1v) is 14.9. The van der Waals surface area contributed by atoms with Crippen LogP contribution in [0.3, 0.4) is 0 Å². The Bertz CT molecular complexity index is 1290. The van der Waals surface area contributed by atoms with Crippen LogP contribution in [0.5, 0.6) is 5.75 Å². The third-order valence-corrected chi connectivity index (χ3v) is 8.00. The van der Waals surface area contributed by atoms with Crippen LogP contribution in [0.1, 0.15) is 64.4 Å². The summed E-state index contributed by atoms with van der Waals surface area (Å²) < 4.78 is 8.19. The Balaban J connectivity index is 1.60. The number of benzene rings is 2. The molecule has 0 radical (unpaired) electrons. The predicted molar refractivity (Wildman–Crippen MR) is 163 cm³/mol. The van der Waals surface area contributed by atoms with Crippen LogP contribution in [-0.2, 0) is 4.79 Å². The minimum atomic E-state index is -0.0340. The molecule has 38 heavy (non-hydrogen) atoms. The molecule has 0 unspecified atom stereocenters. The van der Waals surface area contributed by atoms with E-state index in [9.17, 15) is 4.79 Å². The van der Waals surface area contributed by atoms with Gasteiger partial charge < -0.3 is 4.74 Å². The van der Waals surface area contributed by atoms with Gasteiger partial charge >= 0.3 is 0 Å². The zero-order valence-corrected chi connectivity index (χ0v) is 24.4. The zero-order valence-electron chi connectivity index (χ0n) is 22.0. The Morgan fingerprint density at radius 2 is 1.79 bits per heavy atom. The summed E-state index contributed by atoms with van der Waals surface area (Å²) in [5, 5.41) is 5.41. The summed E-state index contributed by atoms with van der Waals surface area (Å²) >= 11 is 13.5. The lowest BCUT2D eigenvalue weighted by molar-refractivity contribution is -0.122.